The molecule has 0 spiro atoms. The quantitative estimate of drug-likeness (QED) is 0.786. The Labute approximate surface area is 147 Å². The second-order valence-corrected chi connectivity index (χ2v) is 6.13. The van der Waals surface area contributed by atoms with Gasteiger partial charge in [0.2, 0.25) is 0 Å². The fourth-order valence-corrected chi connectivity index (χ4v) is 3.28. The van der Waals surface area contributed by atoms with Crippen molar-refractivity contribution in [3.8, 4) is 5.75 Å². The molecule has 2 aromatic rings. The van der Waals surface area contributed by atoms with Crippen LogP contribution in [0.4, 0.5) is 5.69 Å². The van der Waals surface area contributed by atoms with Gasteiger partial charge in [0.15, 0.2) is 0 Å². The van der Waals surface area contributed by atoms with Crippen molar-refractivity contribution in [3.63, 3.8) is 0 Å². The Kier molecular flexibility index (Phi) is 4.70. The zero-order valence-electron chi connectivity index (χ0n) is 14.7. The van der Waals surface area contributed by atoms with E-state index in [1.54, 1.807) is 7.11 Å². The maximum absolute atomic E-state index is 12.8. The van der Waals surface area contributed by atoms with Crippen molar-refractivity contribution >= 4 is 17.4 Å². The molecule has 0 fully saturated rings. The first-order chi connectivity index (χ1) is 12.1. The number of hydrogen-bond donors (Lipinski definition) is 0. The molecular weight excluding hydrogens is 314 g/mol. The SMILES string of the molecule is COC(=O)C1(c2ccccc2)CC(C)=CC1=Nc1ccc(OC)cc1. The van der Waals surface area contributed by atoms with Crippen LogP contribution in [0.25, 0.3) is 0 Å². The monoisotopic (exact) mass is 335 g/mol. The Morgan fingerprint density at radius 2 is 1.72 bits per heavy atom. The second kappa shape index (κ2) is 6.93. The number of carbonyl (C=O) groups excluding carboxylic acids is 1. The molecule has 128 valence electrons. The molecule has 0 amide bonds. The number of hydrogen-bond acceptors (Lipinski definition) is 4. The van der Waals surface area contributed by atoms with Crippen LogP contribution >= 0.6 is 0 Å². The van der Waals surface area contributed by atoms with Gasteiger partial charge >= 0.3 is 5.97 Å². The van der Waals surface area contributed by atoms with Gasteiger partial charge < -0.3 is 9.47 Å². The summed E-state index contributed by atoms with van der Waals surface area (Å²) in [7, 11) is 3.05. The largest absolute Gasteiger partial charge is 0.497 e. The summed E-state index contributed by atoms with van der Waals surface area (Å²) < 4.78 is 10.4. The van der Waals surface area contributed by atoms with Crippen LogP contribution in [0.15, 0.2) is 71.2 Å². The molecule has 0 aliphatic heterocycles. The van der Waals surface area contributed by atoms with Gasteiger partial charge in [-0.2, -0.15) is 0 Å². The van der Waals surface area contributed by atoms with Crippen molar-refractivity contribution in [1.82, 2.24) is 0 Å². The molecular formula is C21H21NO3. The molecule has 0 aromatic heterocycles. The lowest BCUT2D eigenvalue weighted by atomic mass is 9.76. The Balaban J connectivity index is 2.13. The maximum Gasteiger partial charge on any atom is 0.322 e. The van der Waals surface area contributed by atoms with E-state index in [0.29, 0.717) is 12.1 Å². The summed E-state index contributed by atoms with van der Waals surface area (Å²) in [4.78, 5) is 17.6. The summed E-state index contributed by atoms with van der Waals surface area (Å²) in [6.45, 7) is 2.01. The number of esters is 1. The van der Waals surface area contributed by atoms with Crippen molar-refractivity contribution in [1.29, 1.82) is 0 Å². The van der Waals surface area contributed by atoms with Crippen LogP contribution in [0.3, 0.4) is 0 Å². The summed E-state index contributed by atoms with van der Waals surface area (Å²) in [6.07, 6.45) is 2.55. The van der Waals surface area contributed by atoms with Gasteiger partial charge in [0.25, 0.3) is 0 Å². The summed E-state index contributed by atoms with van der Waals surface area (Å²) in [5.74, 6) is 0.475. The molecule has 4 nitrogen and oxygen atoms in total. The number of benzene rings is 2. The first-order valence-electron chi connectivity index (χ1n) is 8.14. The Bertz CT molecular complexity index is 822. The molecule has 0 saturated carbocycles. The lowest BCUT2D eigenvalue weighted by Gasteiger charge is -2.28. The van der Waals surface area contributed by atoms with E-state index in [-0.39, 0.29) is 5.97 Å². The first-order valence-corrected chi connectivity index (χ1v) is 8.14. The third kappa shape index (κ3) is 3.07. The molecule has 2 aromatic carbocycles. The summed E-state index contributed by atoms with van der Waals surface area (Å²) >= 11 is 0. The van der Waals surface area contributed by atoms with Crippen molar-refractivity contribution in [2.75, 3.05) is 14.2 Å². The predicted octanol–water partition coefficient (Wildman–Crippen LogP) is 4.23. The van der Waals surface area contributed by atoms with Gasteiger partial charge in [-0.25, -0.2) is 0 Å². The molecule has 1 aliphatic rings. The molecule has 4 heteroatoms. The number of ether oxygens (including phenoxy) is 2. The topological polar surface area (TPSA) is 47.9 Å². The van der Waals surface area contributed by atoms with Crippen LogP contribution in [0, 0.1) is 0 Å². The zero-order chi connectivity index (χ0) is 17.9. The fourth-order valence-electron chi connectivity index (χ4n) is 3.28. The highest BCUT2D eigenvalue weighted by Crippen LogP contribution is 2.41. The van der Waals surface area contributed by atoms with Crippen LogP contribution in [0.2, 0.25) is 0 Å². The third-order valence-corrected chi connectivity index (χ3v) is 4.49. The van der Waals surface area contributed by atoms with E-state index >= 15 is 0 Å². The van der Waals surface area contributed by atoms with Gasteiger partial charge in [-0.15, -0.1) is 0 Å². The minimum absolute atomic E-state index is 0.293. The van der Waals surface area contributed by atoms with Gasteiger partial charge in [0, 0.05) is 0 Å². The van der Waals surface area contributed by atoms with Gasteiger partial charge in [0.05, 0.1) is 25.6 Å². The molecule has 1 aliphatic carbocycles. The Morgan fingerprint density at radius 1 is 1.04 bits per heavy atom. The van der Waals surface area contributed by atoms with Gasteiger partial charge in [-0.3, -0.25) is 9.79 Å². The van der Waals surface area contributed by atoms with Gasteiger partial charge in [-0.05, 0) is 49.2 Å². The first kappa shape index (κ1) is 17.0. The lowest BCUT2D eigenvalue weighted by molar-refractivity contribution is -0.144. The van der Waals surface area contributed by atoms with Gasteiger partial charge in [-0.1, -0.05) is 35.9 Å². The minimum Gasteiger partial charge on any atom is -0.497 e. The standard InChI is InChI=1S/C21H21NO3/c1-15-13-19(22-17-9-11-18(24-2)12-10-17)21(14-15,20(23)25-3)16-7-5-4-6-8-16/h4-13H,14H2,1-3H3. The highest BCUT2D eigenvalue weighted by Gasteiger charge is 2.48. The summed E-state index contributed by atoms with van der Waals surface area (Å²) in [6, 6.07) is 17.2. The van der Waals surface area contributed by atoms with E-state index in [0.717, 1.165) is 22.6 Å². The second-order valence-electron chi connectivity index (χ2n) is 6.13. The zero-order valence-corrected chi connectivity index (χ0v) is 14.7. The number of rotatable bonds is 4. The van der Waals surface area contributed by atoms with E-state index < -0.39 is 5.41 Å². The van der Waals surface area contributed by atoms with E-state index in [4.69, 9.17) is 14.5 Å². The number of aliphatic imine (C=N–C) groups is 1. The van der Waals surface area contributed by atoms with E-state index in [1.165, 1.54) is 7.11 Å². The van der Waals surface area contributed by atoms with Crippen molar-refractivity contribution < 1.29 is 14.3 Å². The number of methoxy groups -OCH3 is 2. The van der Waals surface area contributed by atoms with Crippen LogP contribution in [0.5, 0.6) is 5.75 Å². The Hall–Kier alpha value is -2.88. The minimum atomic E-state index is -0.903. The summed E-state index contributed by atoms with van der Waals surface area (Å²) in [5.41, 5.74) is 2.56. The van der Waals surface area contributed by atoms with Crippen LogP contribution in [-0.4, -0.2) is 25.9 Å². The van der Waals surface area contributed by atoms with E-state index in [2.05, 4.69) is 0 Å². The van der Waals surface area contributed by atoms with Crippen molar-refractivity contribution in [2.45, 2.75) is 18.8 Å². The maximum atomic E-state index is 12.8. The number of nitrogens with zero attached hydrogens (tertiary/aromatic N) is 1. The average molecular weight is 335 g/mol. The molecule has 0 N–H and O–H groups in total. The fraction of sp³-hybridized carbons (Fsp3) is 0.238. The van der Waals surface area contributed by atoms with Crippen LogP contribution in [0.1, 0.15) is 18.9 Å². The smallest absolute Gasteiger partial charge is 0.322 e. The molecule has 25 heavy (non-hydrogen) atoms. The highest BCUT2D eigenvalue weighted by molar-refractivity contribution is 6.20. The van der Waals surface area contributed by atoms with Crippen molar-refractivity contribution in [2.24, 2.45) is 4.99 Å². The molecule has 3 rings (SSSR count). The predicted molar refractivity (Wildman–Crippen MR) is 98.6 cm³/mol. The lowest BCUT2D eigenvalue weighted by Crippen LogP contribution is -2.41. The van der Waals surface area contributed by atoms with E-state index in [9.17, 15) is 4.79 Å². The number of allylic oxidation sites excluding steroid dienone is 2. The van der Waals surface area contributed by atoms with Crippen LogP contribution in [-0.2, 0) is 14.9 Å². The Morgan fingerprint density at radius 3 is 2.32 bits per heavy atom. The van der Waals surface area contributed by atoms with Gasteiger partial charge in [0.1, 0.15) is 11.2 Å². The molecule has 0 radical (unpaired) electrons. The normalized spacial score (nSPS) is 21.1. The highest BCUT2D eigenvalue weighted by atomic mass is 16.5. The number of carbonyl (C=O) groups is 1. The average Bonchev–Trinajstić information content (AvgIpc) is 2.99. The summed E-state index contributed by atoms with van der Waals surface area (Å²) in [5, 5.41) is 0. The molecule has 1 unspecified atom stereocenters. The third-order valence-electron chi connectivity index (χ3n) is 4.49. The molecule has 0 saturated heterocycles. The van der Waals surface area contributed by atoms with Crippen LogP contribution < -0.4 is 4.74 Å². The van der Waals surface area contributed by atoms with E-state index in [1.807, 2.05) is 67.6 Å². The van der Waals surface area contributed by atoms with Crippen molar-refractivity contribution in [3.05, 3.63) is 71.8 Å². The molecule has 1 atom stereocenters. The molecule has 0 heterocycles. The molecule has 0 bridgehead atoms.